The average molecular weight is 238 g/mol. The van der Waals surface area contributed by atoms with E-state index in [0.29, 0.717) is 11.7 Å². The number of halogens is 1. The topological polar surface area (TPSA) is 53.4 Å². The Hall–Kier alpha value is -1.49. The van der Waals surface area contributed by atoms with Crippen molar-refractivity contribution < 1.29 is 14.3 Å². The summed E-state index contributed by atoms with van der Waals surface area (Å²) in [5, 5.41) is 8.88. The highest BCUT2D eigenvalue weighted by Crippen LogP contribution is 2.33. The van der Waals surface area contributed by atoms with E-state index in [-0.39, 0.29) is 18.4 Å². The van der Waals surface area contributed by atoms with Gasteiger partial charge in [0.25, 0.3) is 0 Å². The second kappa shape index (κ2) is 4.79. The number of carboxylic acids is 1. The van der Waals surface area contributed by atoms with Gasteiger partial charge in [-0.05, 0) is 31.9 Å². The third-order valence-electron chi connectivity index (χ3n) is 3.01. The van der Waals surface area contributed by atoms with Gasteiger partial charge in [-0.1, -0.05) is 0 Å². The maximum atomic E-state index is 12.8. The summed E-state index contributed by atoms with van der Waals surface area (Å²) in [6.07, 6.45) is 3.22. The number of hydrogen-bond acceptors (Lipinski definition) is 3. The first-order chi connectivity index (χ1) is 8.08. The molecular weight excluding hydrogens is 223 g/mol. The van der Waals surface area contributed by atoms with E-state index in [1.54, 1.807) is 6.07 Å². The molecule has 1 unspecified atom stereocenters. The van der Waals surface area contributed by atoms with E-state index < -0.39 is 5.97 Å². The summed E-state index contributed by atoms with van der Waals surface area (Å²) in [7, 11) is 0. The molecule has 1 atom stereocenters. The molecule has 1 aromatic heterocycles. The van der Waals surface area contributed by atoms with E-state index in [1.165, 1.54) is 6.07 Å². The van der Waals surface area contributed by atoms with Gasteiger partial charge in [0.15, 0.2) is 0 Å². The molecule has 0 aromatic carbocycles. The summed E-state index contributed by atoms with van der Waals surface area (Å²) >= 11 is 0. The lowest BCUT2D eigenvalue weighted by atomic mass is 10.1. The Labute approximate surface area is 99.1 Å². The molecule has 0 saturated heterocycles. The summed E-state index contributed by atoms with van der Waals surface area (Å²) in [6.45, 7) is 1.91. The molecule has 0 aliphatic heterocycles. The standard InChI is InChI=1S/C12H15FN2O2/c1-8(11-5-2-9(13)6-14-11)15(7-12(16)17)10-3-4-10/h2,5-6,8,10H,3-4,7H2,1H3,(H,16,17). The Bertz CT molecular complexity index is 403. The Morgan fingerprint density at radius 3 is 2.82 bits per heavy atom. The Morgan fingerprint density at radius 1 is 1.65 bits per heavy atom. The normalized spacial score (nSPS) is 17.1. The average Bonchev–Trinajstić information content (AvgIpc) is 3.09. The number of rotatable bonds is 5. The predicted molar refractivity (Wildman–Crippen MR) is 60.0 cm³/mol. The van der Waals surface area contributed by atoms with Crippen molar-refractivity contribution >= 4 is 5.97 Å². The quantitative estimate of drug-likeness (QED) is 0.850. The van der Waals surface area contributed by atoms with Gasteiger partial charge in [0.1, 0.15) is 5.82 Å². The fourth-order valence-corrected chi connectivity index (χ4v) is 1.95. The van der Waals surface area contributed by atoms with Crippen LogP contribution in [0.1, 0.15) is 31.5 Å². The van der Waals surface area contributed by atoms with Crippen LogP contribution in [0.4, 0.5) is 4.39 Å². The highest BCUT2D eigenvalue weighted by atomic mass is 19.1. The molecule has 17 heavy (non-hydrogen) atoms. The SMILES string of the molecule is CC(c1ccc(F)cn1)N(CC(=O)O)C1CC1. The van der Waals surface area contributed by atoms with Crippen molar-refractivity contribution in [3.63, 3.8) is 0 Å². The molecule has 0 radical (unpaired) electrons. The number of aliphatic carboxylic acids is 1. The number of pyridine rings is 1. The van der Waals surface area contributed by atoms with Crippen LogP contribution >= 0.6 is 0 Å². The van der Waals surface area contributed by atoms with E-state index >= 15 is 0 Å². The van der Waals surface area contributed by atoms with Crippen LogP contribution < -0.4 is 0 Å². The second-order valence-electron chi connectivity index (χ2n) is 4.37. The number of hydrogen-bond donors (Lipinski definition) is 1. The summed E-state index contributed by atoms with van der Waals surface area (Å²) in [4.78, 5) is 16.7. The fourth-order valence-electron chi connectivity index (χ4n) is 1.95. The van der Waals surface area contributed by atoms with Crippen molar-refractivity contribution in [1.82, 2.24) is 9.88 Å². The Morgan fingerprint density at radius 2 is 2.35 bits per heavy atom. The minimum atomic E-state index is -0.842. The largest absolute Gasteiger partial charge is 0.480 e. The van der Waals surface area contributed by atoms with Gasteiger partial charge in [-0.2, -0.15) is 0 Å². The maximum absolute atomic E-state index is 12.8. The molecule has 0 bridgehead atoms. The van der Waals surface area contributed by atoms with Crippen LogP contribution in [0.15, 0.2) is 18.3 Å². The molecule has 2 rings (SSSR count). The van der Waals surface area contributed by atoms with Gasteiger partial charge in [0, 0.05) is 6.04 Å². The smallest absolute Gasteiger partial charge is 0.317 e. The van der Waals surface area contributed by atoms with Crippen LogP contribution in [0, 0.1) is 5.82 Å². The van der Waals surface area contributed by atoms with E-state index in [2.05, 4.69) is 4.98 Å². The van der Waals surface area contributed by atoms with Crippen LogP contribution in [0.3, 0.4) is 0 Å². The summed E-state index contributed by atoms with van der Waals surface area (Å²) < 4.78 is 12.8. The monoisotopic (exact) mass is 238 g/mol. The molecule has 1 aliphatic rings. The molecule has 1 aromatic rings. The first-order valence-electron chi connectivity index (χ1n) is 5.67. The van der Waals surface area contributed by atoms with Crippen molar-refractivity contribution in [3.8, 4) is 0 Å². The third-order valence-corrected chi connectivity index (χ3v) is 3.01. The van der Waals surface area contributed by atoms with Crippen molar-refractivity contribution in [3.05, 3.63) is 29.8 Å². The first kappa shape index (κ1) is 12.0. The Kier molecular flexibility index (Phi) is 3.38. The van der Waals surface area contributed by atoms with Crippen LogP contribution in [0.25, 0.3) is 0 Å². The molecule has 5 heteroatoms. The van der Waals surface area contributed by atoms with Crippen molar-refractivity contribution in [1.29, 1.82) is 0 Å². The number of carboxylic acid groups (broad SMARTS) is 1. The van der Waals surface area contributed by atoms with Gasteiger partial charge in [-0.15, -0.1) is 0 Å². The van der Waals surface area contributed by atoms with E-state index in [9.17, 15) is 9.18 Å². The summed E-state index contributed by atoms with van der Waals surface area (Å²) in [6, 6.07) is 3.19. The molecule has 1 heterocycles. The molecule has 1 saturated carbocycles. The molecule has 0 amide bonds. The highest BCUT2D eigenvalue weighted by Gasteiger charge is 2.34. The van der Waals surface area contributed by atoms with E-state index in [4.69, 9.17) is 5.11 Å². The zero-order chi connectivity index (χ0) is 12.4. The number of nitrogens with zero attached hydrogens (tertiary/aromatic N) is 2. The van der Waals surface area contributed by atoms with Crippen LogP contribution in [0.2, 0.25) is 0 Å². The van der Waals surface area contributed by atoms with E-state index in [0.717, 1.165) is 19.0 Å². The summed E-state index contributed by atoms with van der Waals surface area (Å²) in [5.41, 5.74) is 0.708. The van der Waals surface area contributed by atoms with Gasteiger partial charge in [0.2, 0.25) is 0 Å². The van der Waals surface area contributed by atoms with Crippen molar-refractivity contribution in [2.24, 2.45) is 0 Å². The minimum absolute atomic E-state index is 0.00485. The summed E-state index contributed by atoms with van der Waals surface area (Å²) in [5.74, 6) is -1.22. The van der Waals surface area contributed by atoms with Gasteiger partial charge in [0.05, 0.1) is 24.5 Å². The molecule has 1 fully saturated rings. The van der Waals surface area contributed by atoms with Crippen molar-refractivity contribution in [2.45, 2.75) is 31.8 Å². The molecule has 1 N–H and O–H groups in total. The lowest BCUT2D eigenvalue weighted by Gasteiger charge is -2.26. The maximum Gasteiger partial charge on any atom is 0.317 e. The second-order valence-corrected chi connectivity index (χ2v) is 4.37. The van der Waals surface area contributed by atoms with Crippen LogP contribution in [-0.4, -0.2) is 33.5 Å². The molecule has 4 nitrogen and oxygen atoms in total. The minimum Gasteiger partial charge on any atom is -0.480 e. The van der Waals surface area contributed by atoms with Gasteiger partial charge in [-0.25, -0.2) is 4.39 Å². The third kappa shape index (κ3) is 3.00. The van der Waals surface area contributed by atoms with Gasteiger partial charge < -0.3 is 5.11 Å². The van der Waals surface area contributed by atoms with E-state index in [1.807, 2.05) is 11.8 Å². The van der Waals surface area contributed by atoms with Gasteiger partial charge in [-0.3, -0.25) is 14.7 Å². The number of carbonyl (C=O) groups is 1. The molecule has 1 aliphatic carbocycles. The first-order valence-corrected chi connectivity index (χ1v) is 5.67. The van der Waals surface area contributed by atoms with Gasteiger partial charge >= 0.3 is 5.97 Å². The zero-order valence-corrected chi connectivity index (χ0v) is 9.64. The lowest BCUT2D eigenvalue weighted by Crippen LogP contribution is -2.34. The van der Waals surface area contributed by atoms with Crippen LogP contribution in [-0.2, 0) is 4.79 Å². The highest BCUT2D eigenvalue weighted by molar-refractivity contribution is 5.69. The van der Waals surface area contributed by atoms with Crippen LogP contribution in [0.5, 0.6) is 0 Å². The van der Waals surface area contributed by atoms with Crippen molar-refractivity contribution in [2.75, 3.05) is 6.54 Å². The predicted octanol–water partition coefficient (Wildman–Crippen LogP) is 1.83. The molecular formula is C12H15FN2O2. The number of aromatic nitrogens is 1. The fraction of sp³-hybridized carbons (Fsp3) is 0.500. The molecule has 0 spiro atoms. The lowest BCUT2D eigenvalue weighted by molar-refractivity contribution is -0.139. The zero-order valence-electron chi connectivity index (χ0n) is 9.64. The molecule has 92 valence electrons. The Balaban J connectivity index is 2.12.